The third-order valence-corrected chi connectivity index (χ3v) is 2.49. The van der Waals surface area contributed by atoms with Crippen LogP contribution in [0.3, 0.4) is 0 Å². The van der Waals surface area contributed by atoms with E-state index in [2.05, 4.69) is 20.2 Å². The van der Waals surface area contributed by atoms with E-state index in [0.717, 1.165) is 13.1 Å². The van der Waals surface area contributed by atoms with Gasteiger partial charge in [0, 0.05) is 25.2 Å². The quantitative estimate of drug-likeness (QED) is 0.799. The number of hydrogen-bond acceptors (Lipinski definition) is 5. The predicted octanol–water partition coefficient (Wildman–Crippen LogP) is 0.427. The van der Waals surface area contributed by atoms with Crippen molar-refractivity contribution in [3.8, 4) is 0 Å². The second-order valence-corrected chi connectivity index (χ2v) is 4.35. The summed E-state index contributed by atoms with van der Waals surface area (Å²) in [6.07, 6.45) is 0. The zero-order valence-electron chi connectivity index (χ0n) is 10.2. The molecule has 1 aliphatic rings. The molecule has 0 saturated carbocycles. The number of H-pyrrole nitrogens is 1. The van der Waals surface area contributed by atoms with Gasteiger partial charge in [-0.3, -0.25) is 9.78 Å². The fourth-order valence-corrected chi connectivity index (χ4v) is 1.74. The normalized spacial score (nSPS) is 16.3. The highest BCUT2D eigenvalue weighted by atomic mass is 16.5. The van der Waals surface area contributed by atoms with Crippen molar-refractivity contribution in [2.24, 2.45) is 0 Å². The van der Waals surface area contributed by atoms with Crippen molar-refractivity contribution in [2.45, 2.75) is 19.9 Å². The molecular formula is C11H18N4O2. The molecule has 0 unspecified atom stereocenters. The van der Waals surface area contributed by atoms with E-state index in [9.17, 15) is 4.79 Å². The Morgan fingerprint density at radius 2 is 2.18 bits per heavy atom. The van der Waals surface area contributed by atoms with Gasteiger partial charge in [-0.15, -0.1) is 0 Å². The molecule has 1 aliphatic heterocycles. The summed E-state index contributed by atoms with van der Waals surface area (Å²) >= 11 is 0. The molecule has 0 amide bonds. The maximum Gasteiger partial charge on any atom is 0.254 e. The molecule has 1 saturated heterocycles. The van der Waals surface area contributed by atoms with E-state index in [1.165, 1.54) is 6.07 Å². The Morgan fingerprint density at radius 3 is 2.82 bits per heavy atom. The van der Waals surface area contributed by atoms with Crippen molar-refractivity contribution in [3.05, 3.63) is 16.4 Å². The van der Waals surface area contributed by atoms with E-state index in [-0.39, 0.29) is 11.6 Å². The van der Waals surface area contributed by atoms with Crippen LogP contribution >= 0.6 is 0 Å². The van der Waals surface area contributed by atoms with Crippen molar-refractivity contribution in [2.75, 3.05) is 36.5 Å². The molecule has 2 rings (SSSR count). The van der Waals surface area contributed by atoms with Crippen LogP contribution in [0.5, 0.6) is 0 Å². The summed E-state index contributed by atoms with van der Waals surface area (Å²) in [7, 11) is 0. The molecule has 1 aromatic rings. The van der Waals surface area contributed by atoms with Crippen molar-refractivity contribution < 1.29 is 4.74 Å². The number of aromatic amines is 1. The molecule has 0 spiro atoms. The molecular weight excluding hydrogens is 220 g/mol. The molecule has 0 atom stereocenters. The van der Waals surface area contributed by atoms with Gasteiger partial charge in [-0.25, -0.2) is 0 Å². The number of rotatable bonds is 3. The first-order valence-electron chi connectivity index (χ1n) is 5.86. The van der Waals surface area contributed by atoms with E-state index in [1.54, 1.807) is 0 Å². The maximum absolute atomic E-state index is 11.5. The van der Waals surface area contributed by atoms with Gasteiger partial charge in [0.05, 0.1) is 13.2 Å². The molecule has 2 N–H and O–H groups in total. The third-order valence-electron chi connectivity index (χ3n) is 2.49. The van der Waals surface area contributed by atoms with Gasteiger partial charge in [-0.2, -0.15) is 4.98 Å². The first kappa shape index (κ1) is 11.9. The lowest BCUT2D eigenvalue weighted by Gasteiger charge is -2.27. The van der Waals surface area contributed by atoms with Gasteiger partial charge in [0.1, 0.15) is 5.82 Å². The highest BCUT2D eigenvalue weighted by Gasteiger charge is 2.14. The molecule has 0 radical (unpaired) electrons. The van der Waals surface area contributed by atoms with Crippen LogP contribution < -0.4 is 15.8 Å². The topological polar surface area (TPSA) is 70.2 Å². The smallest absolute Gasteiger partial charge is 0.254 e. The minimum absolute atomic E-state index is 0.135. The van der Waals surface area contributed by atoms with E-state index in [0.29, 0.717) is 25.0 Å². The fourth-order valence-electron chi connectivity index (χ4n) is 1.74. The van der Waals surface area contributed by atoms with Gasteiger partial charge in [0.2, 0.25) is 5.95 Å². The molecule has 6 nitrogen and oxygen atoms in total. The Labute approximate surface area is 100 Å². The van der Waals surface area contributed by atoms with E-state index in [4.69, 9.17) is 4.74 Å². The summed E-state index contributed by atoms with van der Waals surface area (Å²) in [6.45, 7) is 6.92. The number of nitrogens with one attached hydrogen (secondary N) is 2. The summed E-state index contributed by atoms with van der Waals surface area (Å²) in [6, 6.07) is 1.76. The predicted molar refractivity (Wildman–Crippen MR) is 66.6 cm³/mol. The Hall–Kier alpha value is -1.56. The minimum Gasteiger partial charge on any atom is -0.378 e. The average Bonchev–Trinajstić information content (AvgIpc) is 2.28. The molecule has 0 aromatic carbocycles. The highest BCUT2D eigenvalue weighted by Crippen LogP contribution is 2.12. The van der Waals surface area contributed by atoms with E-state index in [1.807, 2.05) is 13.8 Å². The first-order chi connectivity index (χ1) is 8.15. The largest absolute Gasteiger partial charge is 0.378 e. The molecule has 6 heteroatoms. The second-order valence-electron chi connectivity index (χ2n) is 4.35. The second kappa shape index (κ2) is 5.18. The Kier molecular flexibility index (Phi) is 3.63. The average molecular weight is 238 g/mol. The lowest BCUT2D eigenvalue weighted by molar-refractivity contribution is 0.122. The van der Waals surface area contributed by atoms with Crippen LogP contribution in [-0.4, -0.2) is 42.3 Å². The van der Waals surface area contributed by atoms with Crippen molar-refractivity contribution in [1.82, 2.24) is 9.97 Å². The lowest BCUT2D eigenvalue weighted by Crippen LogP contribution is -2.37. The number of morpholine rings is 1. The van der Waals surface area contributed by atoms with Crippen LogP contribution in [0, 0.1) is 0 Å². The number of anilines is 2. The summed E-state index contributed by atoms with van der Waals surface area (Å²) in [4.78, 5) is 20.7. The molecule has 17 heavy (non-hydrogen) atoms. The van der Waals surface area contributed by atoms with Gasteiger partial charge in [0.25, 0.3) is 5.56 Å². The highest BCUT2D eigenvalue weighted by molar-refractivity contribution is 5.42. The van der Waals surface area contributed by atoms with Crippen molar-refractivity contribution >= 4 is 11.8 Å². The fraction of sp³-hybridized carbons (Fsp3) is 0.636. The van der Waals surface area contributed by atoms with Crippen molar-refractivity contribution in [3.63, 3.8) is 0 Å². The maximum atomic E-state index is 11.5. The van der Waals surface area contributed by atoms with Crippen molar-refractivity contribution in [1.29, 1.82) is 0 Å². The number of hydrogen-bond donors (Lipinski definition) is 2. The van der Waals surface area contributed by atoms with Crippen LogP contribution in [0.4, 0.5) is 11.8 Å². The van der Waals surface area contributed by atoms with Crippen LogP contribution in [-0.2, 0) is 4.74 Å². The van der Waals surface area contributed by atoms with Gasteiger partial charge in [0.15, 0.2) is 0 Å². The third kappa shape index (κ3) is 3.20. The lowest BCUT2D eigenvalue weighted by atomic mass is 10.4. The Bertz CT molecular complexity index is 424. The van der Waals surface area contributed by atoms with E-state index < -0.39 is 0 Å². The number of ether oxygens (including phenoxy) is 1. The van der Waals surface area contributed by atoms with Crippen LogP contribution in [0.1, 0.15) is 13.8 Å². The molecule has 1 fully saturated rings. The molecule has 0 aliphatic carbocycles. The zero-order chi connectivity index (χ0) is 12.3. The minimum atomic E-state index is -0.135. The summed E-state index contributed by atoms with van der Waals surface area (Å²) in [5.74, 6) is 1.23. The Morgan fingerprint density at radius 1 is 1.47 bits per heavy atom. The number of nitrogens with zero attached hydrogens (tertiary/aromatic N) is 2. The van der Waals surface area contributed by atoms with Crippen LogP contribution in [0.2, 0.25) is 0 Å². The molecule has 0 bridgehead atoms. The first-order valence-corrected chi connectivity index (χ1v) is 5.86. The summed E-state index contributed by atoms with van der Waals surface area (Å²) < 4.78 is 5.28. The SMILES string of the molecule is CC(C)Nc1nc(N2CCOCC2)cc(=O)[nH]1. The van der Waals surface area contributed by atoms with Gasteiger partial charge in [-0.1, -0.05) is 0 Å². The number of aromatic nitrogens is 2. The summed E-state index contributed by atoms with van der Waals surface area (Å²) in [5.41, 5.74) is -0.135. The van der Waals surface area contributed by atoms with Crippen LogP contribution in [0.15, 0.2) is 10.9 Å². The molecule has 1 aromatic heterocycles. The monoisotopic (exact) mass is 238 g/mol. The van der Waals surface area contributed by atoms with Crippen LogP contribution in [0.25, 0.3) is 0 Å². The van der Waals surface area contributed by atoms with Gasteiger partial charge >= 0.3 is 0 Å². The van der Waals surface area contributed by atoms with Gasteiger partial charge < -0.3 is 15.0 Å². The molecule has 94 valence electrons. The molecule has 2 heterocycles. The van der Waals surface area contributed by atoms with E-state index >= 15 is 0 Å². The standard InChI is InChI=1S/C11H18N4O2/c1-8(2)12-11-13-9(7-10(16)14-11)15-3-5-17-6-4-15/h7-8H,3-6H2,1-2H3,(H2,12,13,14,16). The Balaban J connectivity index is 2.21. The summed E-state index contributed by atoms with van der Waals surface area (Å²) in [5, 5.41) is 3.10. The zero-order valence-corrected chi connectivity index (χ0v) is 10.2. The van der Waals surface area contributed by atoms with Gasteiger partial charge in [-0.05, 0) is 13.8 Å².